The predicted octanol–water partition coefficient (Wildman–Crippen LogP) is 2.94. The van der Waals surface area contributed by atoms with Crippen molar-refractivity contribution in [3.05, 3.63) is 23.2 Å². The number of carboxylic acid groups (broad SMARTS) is 1. The van der Waals surface area contributed by atoms with Crippen molar-refractivity contribution in [2.45, 2.75) is 46.6 Å². The number of nitrogens with zero attached hydrogens (tertiary/aromatic N) is 3. The summed E-state index contributed by atoms with van der Waals surface area (Å²) >= 11 is 0. The molecular formula is C14H19N3O3. The van der Waals surface area contributed by atoms with Gasteiger partial charge in [0, 0.05) is 6.54 Å². The zero-order chi connectivity index (χ0) is 14.9. The summed E-state index contributed by atoms with van der Waals surface area (Å²) in [6, 6.07) is 1.89. The highest BCUT2D eigenvalue weighted by Crippen LogP contribution is 2.27. The minimum absolute atomic E-state index is 0.0118. The van der Waals surface area contributed by atoms with Gasteiger partial charge in [0.1, 0.15) is 5.69 Å². The Morgan fingerprint density at radius 3 is 2.60 bits per heavy atom. The molecule has 0 amide bonds. The first-order valence-corrected chi connectivity index (χ1v) is 6.79. The van der Waals surface area contributed by atoms with E-state index in [0.29, 0.717) is 18.1 Å². The third-order valence-corrected chi connectivity index (χ3v) is 3.11. The number of aromatic nitrogens is 3. The molecule has 0 unspecified atom stereocenters. The van der Waals surface area contributed by atoms with Crippen LogP contribution < -0.4 is 0 Å². The van der Waals surface area contributed by atoms with Crippen molar-refractivity contribution < 1.29 is 14.3 Å². The van der Waals surface area contributed by atoms with Crippen LogP contribution in [-0.2, 0) is 13.0 Å². The lowest BCUT2D eigenvalue weighted by Gasteiger charge is -1.99. The van der Waals surface area contributed by atoms with Crippen molar-refractivity contribution in [3.63, 3.8) is 0 Å². The standard InChI is InChI=1S/C14H19N3O3/c1-5-9-7-10(17(6-2)16-9)13-15-11(8(3)4)12(20-13)14(18)19/h7-8H,5-6H2,1-4H3,(H,18,19). The van der Waals surface area contributed by atoms with Crippen LogP contribution in [0.4, 0.5) is 0 Å². The highest BCUT2D eigenvalue weighted by molar-refractivity contribution is 5.86. The Morgan fingerprint density at radius 2 is 2.15 bits per heavy atom. The van der Waals surface area contributed by atoms with Crippen LogP contribution >= 0.6 is 0 Å². The lowest BCUT2D eigenvalue weighted by atomic mass is 10.1. The van der Waals surface area contributed by atoms with Gasteiger partial charge in [-0.15, -0.1) is 0 Å². The summed E-state index contributed by atoms with van der Waals surface area (Å²) in [5.74, 6) is -0.870. The third-order valence-electron chi connectivity index (χ3n) is 3.11. The monoisotopic (exact) mass is 277 g/mol. The van der Waals surface area contributed by atoms with Crippen LogP contribution in [-0.4, -0.2) is 25.8 Å². The van der Waals surface area contributed by atoms with Crippen molar-refractivity contribution in [1.29, 1.82) is 0 Å². The van der Waals surface area contributed by atoms with E-state index < -0.39 is 5.97 Å². The van der Waals surface area contributed by atoms with Gasteiger partial charge in [-0.3, -0.25) is 4.68 Å². The van der Waals surface area contributed by atoms with Gasteiger partial charge in [-0.1, -0.05) is 20.8 Å². The van der Waals surface area contributed by atoms with E-state index >= 15 is 0 Å². The number of rotatable bonds is 5. The van der Waals surface area contributed by atoms with Gasteiger partial charge < -0.3 is 9.52 Å². The molecule has 1 N–H and O–H groups in total. The summed E-state index contributed by atoms with van der Waals surface area (Å²) in [4.78, 5) is 15.6. The number of hydrogen-bond acceptors (Lipinski definition) is 4. The number of carbonyl (C=O) groups is 1. The molecule has 6 nitrogen and oxygen atoms in total. The van der Waals surface area contributed by atoms with E-state index in [4.69, 9.17) is 4.42 Å². The highest BCUT2D eigenvalue weighted by Gasteiger charge is 2.24. The summed E-state index contributed by atoms with van der Waals surface area (Å²) < 4.78 is 7.23. The molecule has 0 aromatic carbocycles. The molecule has 0 aliphatic carbocycles. The quantitative estimate of drug-likeness (QED) is 0.908. The number of oxazole rings is 1. The summed E-state index contributed by atoms with van der Waals surface area (Å²) in [6.07, 6.45) is 0.809. The van der Waals surface area contributed by atoms with Gasteiger partial charge >= 0.3 is 5.97 Å². The van der Waals surface area contributed by atoms with E-state index in [-0.39, 0.29) is 11.7 Å². The molecular weight excluding hydrogens is 258 g/mol. The normalized spacial score (nSPS) is 11.2. The van der Waals surface area contributed by atoms with Crippen molar-refractivity contribution in [3.8, 4) is 11.6 Å². The molecule has 0 radical (unpaired) electrons. The predicted molar refractivity (Wildman–Crippen MR) is 73.8 cm³/mol. The molecule has 2 heterocycles. The van der Waals surface area contributed by atoms with E-state index in [1.54, 1.807) is 4.68 Å². The van der Waals surface area contributed by atoms with Crippen LogP contribution in [0.3, 0.4) is 0 Å². The van der Waals surface area contributed by atoms with Gasteiger partial charge in [-0.05, 0) is 25.3 Å². The SMILES string of the molecule is CCc1cc(-c2nc(C(C)C)c(C(=O)O)o2)n(CC)n1. The van der Waals surface area contributed by atoms with Crippen LogP contribution in [0.2, 0.25) is 0 Å². The Labute approximate surface area is 117 Å². The number of hydrogen-bond donors (Lipinski definition) is 1. The fraction of sp³-hybridized carbons (Fsp3) is 0.500. The maximum Gasteiger partial charge on any atom is 0.373 e. The molecule has 2 aromatic heterocycles. The molecule has 0 aliphatic rings. The summed E-state index contributed by atoms with van der Waals surface area (Å²) in [5, 5.41) is 13.6. The van der Waals surface area contributed by atoms with Gasteiger partial charge in [0.2, 0.25) is 11.7 Å². The van der Waals surface area contributed by atoms with E-state index in [1.807, 2.05) is 33.8 Å². The largest absolute Gasteiger partial charge is 0.475 e. The van der Waals surface area contributed by atoms with Gasteiger partial charge in [0.05, 0.1) is 11.4 Å². The van der Waals surface area contributed by atoms with Crippen molar-refractivity contribution in [1.82, 2.24) is 14.8 Å². The number of carboxylic acids is 1. The molecule has 0 saturated heterocycles. The molecule has 0 fully saturated rings. The minimum atomic E-state index is -1.09. The Bertz CT molecular complexity index is 626. The maximum absolute atomic E-state index is 11.2. The molecule has 0 spiro atoms. The molecule has 6 heteroatoms. The molecule has 2 rings (SSSR count). The van der Waals surface area contributed by atoms with Crippen LogP contribution in [0, 0.1) is 0 Å². The third kappa shape index (κ3) is 2.45. The summed E-state index contributed by atoms with van der Waals surface area (Å²) in [5.41, 5.74) is 2.12. The second-order valence-corrected chi connectivity index (χ2v) is 4.88. The lowest BCUT2D eigenvalue weighted by molar-refractivity contribution is 0.0661. The molecule has 0 aliphatic heterocycles. The fourth-order valence-electron chi connectivity index (χ4n) is 2.04. The van der Waals surface area contributed by atoms with Crippen LogP contribution in [0.1, 0.15) is 55.6 Å². The number of aryl methyl sites for hydroxylation is 2. The zero-order valence-electron chi connectivity index (χ0n) is 12.2. The molecule has 2 aromatic rings. The Morgan fingerprint density at radius 1 is 1.45 bits per heavy atom. The highest BCUT2D eigenvalue weighted by atomic mass is 16.4. The Kier molecular flexibility index (Phi) is 3.92. The second-order valence-electron chi connectivity index (χ2n) is 4.88. The molecule has 108 valence electrons. The van der Waals surface area contributed by atoms with E-state index in [9.17, 15) is 9.90 Å². The molecule has 20 heavy (non-hydrogen) atoms. The average molecular weight is 277 g/mol. The van der Waals surface area contributed by atoms with Gasteiger partial charge in [0.25, 0.3) is 0 Å². The number of aromatic carboxylic acids is 1. The van der Waals surface area contributed by atoms with E-state index in [1.165, 1.54) is 0 Å². The van der Waals surface area contributed by atoms with Gasteiger partial charge in [0.15, 0.2) is 0 Å². The van der Waals surface area contributed by atoms with Gasteiger partial charge in [-0.25, -0.2) is 9.78 Å². The van der Waals surface area contributed by atoms with Gasteiger partial charge in [-0.2, -0.15) is 5.10 Å². The van der Waals surface area contributed by atoms with Crippen LogP contribution in [0.25, 0.3) is 11.6 Å². The first kappa shape index (κ1) is 14.3. The molecule has 0 saturated carbocycles. The first-order valence-electron chi connectivity index (χ1n) is 6.79. The summed E-state index contributed by atoms with van der Waals surface area (Å²) in [7, 11) is 0. The maximum atomic E-state index is 11.2. The summed E-state index contributed by atoms with van der Waals surface area (Å²) in [6.45, 7) is 8.45. The first-order chi connectivity index (χ1) is 9.47. The van der Waals surface area contributed by atoms with Crippen LogP contribution in [0.15, 0.2) is 10.5 Å². The molecule has 0 bridgehead atoms. The Balaban J connectivity index is 2.55. The second kappa shape index (κ2) is 5.48. The fourth-order valence-corrected chi connectivity index (χ4v) is 2.04. The smallest absolute Gasteiger partial charge is 0.373 e. The van der Waals surface area contributed by atoms with Crippen molar-refractivity contribution >= 4 is 5.97 Å². The zero-order valence-corrected chi connectivity index (χ0v) is 12.2. The lowest BCUT2D eigenvalue weighted by Crippen LogP contribution is -2.01. The minimum Gasteiger partial charge on any atom is -0.475 e. The van der Waals surface area contributed by atoms with E-state index in [0.717, 1.165) is 17.8 Å². The Hall–Kier alpha value is -2.11. The van der Waals surface area contributed by atoms with Crippen molar-refractivity contribution in [2.75, 3.05) is 0 Å². The average Bonchev–Trinajstić information content (AvgIpc) is 3.01. The van der Waals surface area contributed by atoms with Crippen molar-refractivity contribution in [2.24, 2.45) is 0 Å². The van der Waals surface area contributed by atoms with E-state index in [2.05, 4.69) is 10.1 Å². The molecule has 0 atom stereocenters. The van der Waals surface area contributed by atoms with Crippen LogP contribution in [0.5, 0.6) is 0 Å². The topological polar surface area (TPSA) is 81.1 Å².